The number of ether oxygens (including phenoxy) is 3. The number of pyridine rings is 1. The second-order valence-corrected chi connectivity index (χ2v) is 13.5. The van der Waals surface area contributed by atoms with Crippen LogP contribution in [0.15, 0.2) is 31.2 Å². The molecular weight excluding hydrogens is 637 g/mol. The molecule has 4 unspecified atom stereocenters. The maximum Gasteiger partial charge on any atom is 0.264 e. The molecule has 45 heavy (non-hydrogen) atoms. The van der Waals surface area contributed by atoms with Crippen LogP contribution in [0.4, 0.5) is 15.9 Å². The zero-order valence-corrected chi connectivity index (χ0v) is 25.1. The van der Waals surface area contributed by atoms with Crippen LogP contribution in [0.2, 0.25) is 0 Å². The van der Waals surface area contributed by atoms with Crippen LogP contribution in [0.25, 0.3) is 22.3 Å². The number of hydrogen-bond acceptors (Lipinski definition) is 16. The van der Waals surface area contributed by atoms with E-state index in [2.05, 4.69) is 24.9 Å². The molecule has 7 heterocycles. The van der Waals surface area contributed by atoms with Crippen molar-refractivity contribution in [2.45, 2.75) is 49.1 Å². The smallest absolute Gasteiger partial charge is 0.264 e. The van der Waals surface area contributed by atoms with Gasteiger partial charge in [0.1, 0.15) is 47.9 Å². The predicted molar refractivity (Wildman–Crippen MR) is 154 cm³/mol. The topological polar surface area (TPSA) is 225 Å². The highest BCUT2D eigenvalue weighted by Gasteiger charge is 2.53. The van der Waals surface area contributed by atoms with Gasteiger partial charge >= 0.3 is 0 Å². The normalized spacial score (nSPS) is 37.6. The van der Waals surface area contributed by atoms with Crippen LogP contribution in [-0.4, -0.2) is 106 Å². The molecule has 0 saturated carbocycles. The summed E-state index contributed by atoms with van der Waals surface area (Å²) in [5.41, 5.74) is 13.3. The van der Waals surface area contributed by atoms with Crippen molar-refractivity contribution in [1.82, 2.24) is 34.1 Å². The average Bonchev–Trinajstić information content (AvgIpc) is 3.75. The molecule has 10 atom stereocenters. The molecule has 0 aromatic carbocycles. The minimum absolute atomic E-state index is 0.126. The Bertz CT molecular complexity index is 1850. The van der Waals surface area contributed by atoms with E-state index in [0.717, 1.165) is 0 Å². The fourth-order valence-electron chi connectivity index (χ4n) is 5.57. The number of hydrogen-bond donors (Lipinski definition) is 2. The van der Waals surface area contributed by atoms with Gasteiger partial charge in [-0.2, -0.15) is 0 Å². The minimum Gasteiger partial charge on any atom is -0.397 e. The van der Waals surface area contributed by atoms with Crippen LogP contribution in [0.5, 0.6) is 0 Å². The quantitative estimate of drug-likeness (QED) is 0.230. The van der Waals surface area contributed by atoms with Gasteiger partial charge < -0.3 is 43.8 Å². The largest absolute Gasteiger partial charge is 0.397 e. The van der Waals surface area contributed by atoms with Crippen molar-refractivity contribution in [3.8, 4) is 0 Å². The first-order valence-corrected chi connectivity index (χ1v) is 16.6. The molecule has 3 saturated heterocycles. The fourth-order valence-corrected chi connectivity index (χ4v) is 7.59. The number of methoxy groups -OCH3 is 1. The molecule has 4 radical (unpaired) electrons. The van der Waals surface area contributed by atoms with Crippen molar-refractivity contribution >= 4 is 63.9 Å². The molecule has 7 rings (SSSR count). The number of aromatic nitrogens is 7. The maximum atomic E-state index is 16.0. The van der Waals surface area contributed by atoms with Gasteiger partial charge in [-0.1, -0.05) is 0 Å². The Morgan fingerprint density at radius 1 is 0.889 bits per heavy atom. The number of rotatable bonds is 3. The first kappa shape index (κ1) is 30.7. The van der Waals surface area contributed by atoms with Crippen molar-refractivity contribution in [1.29, 1.82) is 0 Å². The standard InChI is InChI=1S/C22H24B2FN9O9P2/c1-37-17-16-11(41-22(17)34-8-32-14-18(27)29-6-30-20(14)34)5-39-44(23,35)42-15-10(4-38-45(24,36)43-16)40-21(12(15)25)33-7-31-13-9(26)2-3-28-19(13)33/h2-3,6-8,10-12,15-17,21-22H,4-5H2,1H3,(H2,26,28)(H2,27,29,30)/t10-,11-,12+,15?,16+,17?,21-,22-,44?,45?/m1/s1. The third-order valence-corrected chi connectivity index (χ3v) is 9.72. The summed E-state index contributed by atoms with van der Waals surface area (Å²) in [4.78, 5) is 20.7. The van der Waals surface area contributed by atoms with Crippen LogP contribution in [0, 0.1) is 0 Å². The number of anilines is 2. The predicted octanol–water partition coefficient (Wildman–Crippen LogP) is 0.954. The van der Waals surface area contributed by atoms with Gasteiger partial charge in [0, 0.05) is 13.3 Å². The molecule has 3 aliphatic heterocycles. The summed E-state index contributed by atoms with van der Waals surface area (Å²) < 4.78 is 85.4. The third-order valence-electron chi connectivity index (χ3n) is 7.63. The summed E-state index contributed by atoms with van der Waals surface area (Å²) in [7, 11) is 4.32. The fraction of sp³-hybridized carbons (Fsp3) is 0.500. The van der Waals surface area contributed by atoms with Gasteiger partial charge in [-0.05, 0) is 6.07 Å². The van der Waals surface area contributed by atoms with Gasteiger partial charge in [0.25, 0.3) is 14.9 Å². The van der Waals surface area contributed by atoms with E-state index in [0.29, 0.717) is 22.4 Å². The summed E-state index contributed by atoms with van der Waals surface area (Å²) in [6.07, 6.45) is -5.49. The molecule has 3 fully saturated rings. The number of nitrogen functional groups attached to an aromatic ring is 2. The molecule has 4 aromatic heterocycles. The second kappa shape index (κ2) is 11.4. The van der Waals surface area contributed by atoms with Gasteiger partial charge in [0.2, 0.25) is 15.1 Å². The number of nitrogens with two attached hydrogens (primary N) is 2. The van der Waals surface area contributed by atoms with Crippen LogP contribution < -0.4 is 11.5 Å². The Kier molecular flexibility index (Phi) is 7.74. The lowest BCUT2D eigenvalue weighted by atomic mass is 10.1. The molecule has 0 aliphatic carbocycles. The Hall–Kier alpha value is -2.99. The number of halogens is 1. The van der Waals surface area contributed by atoms with Crippen molar-refractivity contribution in [2.24, 2.45) is 0 Å². The Balaban J connectivity index is 1.18. The van der Waals surface area contributed by atoms with E-state index in [1.54, 1.807) is 0 Å². The highest BCUT2D eigenvalue weighted by Crippen LogP contribution is 2.54. The van der Waals surface area contributed by atoms with Gasteiger partial charge in [-0.3, -0.25) is 18.3 Å². The lowest BCUT2D eigenvalue weighted by Crippen LogP contribution is -2.39. The van der Waals surface area contributed by atoms with Crippen LogP contribution in [-0.2, 0) is 41.4 Å². The van der Waals surface area contributed by atoms with E-state index in [1.165, 1.54) is 47.5 Å². The van der Waals surface area contributed by atoms with Crippen LogP contribution in [0.3, 0.4) is 0 Å². The van der Waals surface area contributed by atoms with E-state index in [-0.39, 0.29) is 11.5 Å². The summed E-state index contributed by atoms with van der Waals surface area (Å²) in [5.74, 6) is 0.126. The first-order chi connectivity index (χ1) is 21.5. The van der Waals surface area contributed by atoms with E-state index >= 15 is 4.39 Å². The summed E-state index contributed by atoms with van der Waals surface area (Å²) in [5, 5.41) is 0. The molecule has 0 bridgehead atoms. The lowest BCUT2D eigenvalue weighted by Gasteiger charge is -2.30. The molecule has 4 N–H and O–H groups in total. The van der Waals surface area contributed by atoms with Crippen LogP contribution in [0.1, 0.15) is 12.5 Å². The Labute approximate surface area is 256 Å². The Morgan fingerprint density at radius 2 is 1.49 bits per heavy atom. The van der Waals surface area contributed by atoms with E-state index in [4.69, 9.17) is 58.9 Å². The molecule has 0 spiro atoms. The molecule has 0 amide bonds. The number of imidazole rings is 2. The monoisotopic (exact) mass is 661 g/mol. The van der Waals surface area contributed by atoms with Gasteiger partial charge in [-0.25, -0.2) is 29.3 Å². The summed E-state index contributed by atoms with van der Waals surface area (Å²) >= 11 is 0. The van der Waals surface area contributed by atoms with Crippen LogP contribution >= 0.6 is 14.9 Å². The maximum absolute atomic E-state index is 16.0. The average molecular weight is 661 g/mol. The van der Waals surface area contributed by atoms with E-state index in [1.807, 2.05) is 0 Å². The third kappa shape index (κ3) is 5.45. The zero-order chi connectivity index (χ0) is 31.7. The van der Waals surface area contributed by atoms with Crippen molar-refractivity contribution in [2.75, 3.05) is 31.8 Å². The summed E-state index contributed by atoms with van der Waals surface area (Å²) in [6.45, 7) is -1.17. The SMILES string of the molecule is [B]P1(=O)OC[C@H]2O[C@@H](n3cnc4c(N)ncnc43)C(OC)[C@H]2OP([B])(=O)OC[C@H]2O[C@@H](n3cnc4c(N)ccnc43)[C@@H](F)C2O1. The van der Waals surface area contributed by atoms with E-state index < -0.39 is 77.3 Å². The number of fused-ring (bicyclic) bond motifs is 4. The zero-order valence-electron chi connectivity index (χ0n) is 23.3. The Morgan fingerprint density at radius 3 is 2.20 bits per heavy atom. The molecule has 18 nitrogen and oxygen atoms in total. The van der Waals surface area contributed by atoms with Crippen molar-refractivity contribution in [3.63, 3.8) is 0 Å². The molecular formula is C22H24B2FN9O9P2. The van der Waals surface area contributed by atoms with Crippen molar-refractivity contribution in [3.05, 3.63) is 31.2 Å². The number of nitrogens with zero attached hydrogens (tertiary/aromatic N) is 7. The number of alkyl halides is 1. The second-order valence-electron chi connectivity index (χ2n) is 10.4. The lowest BCUT2D eigenvalue weighted by molar-refractivity contribution is -0.0588. The molecule has 234 valence electrons. The van der Waals surface area contributed by atoms with Crippen molar-refractivity contribution < 1.29 is 45.8 Å². The van der Waals surface area contributed by atoms with Gasteiger partial charge in [-0.15, -0.1) is 0 Å². The van der Waals surface area contributed by atoms with E-state index in [9.17, 15) is 9.13 Å². The molecule has 23 heteroatoms. The van der Waals surface area contributed by atoms with Gasteiger partial charge in [0.15, 0.2) is 35.7 Å². The first-order valence-electron chi connectivity index (χ1n) is 13.4. The minimum atomic E-state index is -4.51. The molecule has 4 aromatic rings. The highest BCUT2D eigenvalue weighted by molar-refractivity contribution is 7.79. The molecule has 3 aliphatic rings. The highest BCUT2D eigenvalue weighted by atomic mass is 31.2. The van der Waals surface area contributed by atoms with Gasteiger partial charge in [0.05, 0.1) is 31.6 Å². The summed E-state index contributed by atoms with van der Waals surface area (Å²) in [6, 6.07) is 1.53.